The zero-order valence-corrected chi connectivity index (χ0v) is 15.0. The molecule has 9 nitrogen and oxygen atoms in total. The Morgan fingerprint density at radius 2 is 2.07 bits per heavy atom. The normalized spacial score (nSPS) is 10.7. The second kappa shape index (κ2) is 8.37. The van der Waals surface area contributed by atoms with Crippen LogP contribution in [0.2, 0.25) is 0 Å². The van der Waals surface area contributed by atoms with Crippen LogP contribution in [0.5, 0.6) is 0 Å². The van der Waals surface area contributed by atoms with Crippen molar-refractivity contribution in [1.29, 1.82) is 0 Å². The molecule has 0 spiro atoms. The Labute approximate surface area is 154 Å². The van der Waals surface area contributed by atoms with E-state index in [1.807, 2.05) is 31.2 Å². The molecule has 0 aliphatic carbocycles. The molecule has 0 atom stereocenters. The molecule has 3 aromatic rings. The van der Waals surface area contributed by atoms with Crippen molar-refractivity contribution in [2.75, 3.05) is 13.7 Å². The largest absolute Gasteiger partial charge is 0.384 e. The molecule has 0 saturated heterocycles. The fraction of sp³-hybridized carbons (Fsp3) is 0.278. The highest BCUT2D eigenvalue weighted by atomic mass is 16.5. The number of carbonyl (C=O) groups excluding carboxylic acids is 1. The van der Waals surface area contributed by atoms with Gasteiger partial charge in [-0.15, -0.1) is 0 Å². The van der Waals surface area contributed by atoms with Gasteiger partial charge < -0.3 is 19.6 Å². The summed E-state index contributed by atoms with van der Waals surface area (Å²) in [6.45, 7) is 2.47. The van der Waals surface area contributed by atoms with Crippen molar-refractivity contribution in [3.8, 4) is 11.4 Å². The molecule has 0 unspecified atom stereocenters. The van der Waals surface area contributed by atoms with E-state index < -0.39 is 11.5 Å². The Morgan fingerprint density at radius 1 is 1.30 bits per heavy atom. The fourth-order valence-electron chi connectivity index (χ4n) is 2.32. The molecular formula is C18H19N5O4. The number of carbonyl (C=O) groups is 1. The molecule has 0 saturated carbocycles. The smallest absolute Gasteiger partial charge is 0.264 e. The molecule has 3 rings (SSSR count). The van der Waals surface area contributed by atoms with Crippen molar-refractivity contribution in [3.63, 3.8) is 0 Å². The molecule has 9 heteroatoms. The Morgan fingerprint density at radius 3 is 2.78 bits per heavy atom. The minimum absolute atomic E-state index is 0.0362. The standard InChI is InChI=1S/C18H19N5O4/c1-11-3-5-12(6-4-11)16-19-9-13(18(25)22-16)17(24)20-10-14-21-15(27-23-14)7-8-26-2/h3-6,9H,7-8,10H2,1-2H3,(H,20,24)(H,19,22,25). The van der Waals surface area contributed by atoms with E-state index in [2.05, 4.69) is 25.4 Å². The van der Waals surface area contributed by atoms with Crippen LogP contribution in [0.4, 0.5) is 0 Å². The number of rotatable bonds is 7. The maximum absolute atomic E-state index is 12.2. The number of benzene rings is 1. The van der Waals surface area contributed by atoms with Gasteiger partial charge in [0.1, 0.15) is 11.4 Å². The quantitative estimate of drug-likeness (QED) is 0.642. The molecule has 1 amide bonds. The van der Waals surface area contributed by atoms with Crippen LogP contribution in [-0.2, 0) is 17.7 Å². The predicted octanol–water partition coefficient (Wildman–Crippen LogP) is 1.25. The predicted molar refractivity (Wildman–Crippen MR) is 96.1 cm³/mol. The Kier molecular flexibility index (Phi) is 5.72. The number of nitrogens with one attached hydrogen (secondary N) is 2. The lowest BCUT2D eigenvalue weighted by Gasteiger charge is -2.04. The van der Waals surface area contributed by atoms with E-state index in [4.69, 9.17) is 9.26 Å². The molecule has 0 aliphatic rings. The molecular weight excluding hydrogens is 350 g/mol. The SMILES string of the molecule is COCCc1nc(CNC(=O)c2cnc(-c3ccc(C)cc3)[nH]c2=O)no1. The first kappa shape index (κ1) is 18.5. The molecule has 0 radical (unpaired) electrons. The van der Waals surface area contributed by atoms with Gasteiger partial charge in [-0.2, -0.15) is 4.98 Å². The van der Waals surface area contributed by atoms with Crippen molar-refractivity contribution < 1.29 is 14.1 Å². The van der Waals surface area contributed by atoms with Crippen LogP contribution >= 0.6 is 0 Å². The van der Waals surface area contributed by atoms with Gasteiger partial charge in [0.25, 0.3) is 11.5 Å². The summed E-state index contributed by atoms with van der Waals surface area (Å²) in [4.78, 5) is 35.4. The van der Waals surface area contributed by atoms with Gasteiger partial charge in [-0.3, -0.25) is 9.59 Å². The Balaban J connectivity index is 1.65. The molecule has 27 heavy (non-hydrogen) atoms. The van der Waals surface area contributed by atoms with E-state index in [1.165, 1.54) is 6.20 Å². The second-order valence-corrected chi connectivity index (χ2v) is 5.87. The summed E-state index contributed by atoms with van der Waals surface area (Å²) in [6, 6.07) is 7.54. The van der Waals surface area contributed by atoms with Crippen molar-refractivity contribution >= 4 is 5.91 Å². The number of aryl methyl sites for hydroxylation is 1. The van der Waals surface area contributed by atoms with E-state index in [9.17, 15) is 9.59 Å². The average Bonchev–Trinajstić information content (AvgIpc) is 3.13. The number of aromatic amines is 1. The van der Waals surface area contributed by atoms with Crippen LogP contribution in [0, 0.1) is 6.92 Å². The third-order valence-corrected chi connectivity index (χ3v) is 3.81. The maximum Gasteiger partial charge on any atom is 0.264 e. The van der Waals surface area contributed by atoms with Gasteiger partial charge in [-0.05, 0) is 6.92 Å². The summed E-state index contributed by atoms with van der Waals surface area (Å²) >= 11 is 0. The molecule has 140 valence electrons. The van der Waals surface area contributed by atoms with Gasteiger partial charge in [0, 0.05) is 18.9 Å². The number of ether oxygens (including phenoxy) is 1. The molecule has 2 N–H and O–H groups in total. The average molecular weight is 369 g/mol. The first-order chi connectivity index (χ1) is 13.1. The lowest BCUT2D eigenvalue weighted by molar-refractivity contribution is 0.0947. The number of aromatic nitrogens is 4. The highest BCUT2D eigenvalue weighted by Gasteiger charge is 2.14. The number of H-pyrrole nitrogens is 1. The zero-order valence-electron chi connectivity index (χ0n) is 15.0. The molecule has 0 bridgehead atoms. The van der Waals surface area contributed by atoms with Gasteiger partial charge in [0.15, 0.2) is 5.82 Å². The van der Waals surface area contributed by atoms with E-state index in [0.29, 0.717) is 30.6 Å². The summed E-state index contributed by atoms with van der Waals surface area (Å²) in [7, 11) is 1.58. The second-order valence-electron chi connectivity index (χ2n) is 5.87. The monoisotopic (exact) mass is 369 g/mol. The topological polar surface area (TPSA) is 123 Å². The van der Waals surface area contributed by atoms with Gasteiger partial charge in [0.05, 0.1) is 19.6 Å². The maximum atomic E-state index is 12.2. The van der Waals surface area contributed by atoms with Crippen LogP contribution in [0.1, 0.15) is 27.6 Å². The lowest BCUT2D eigenvalue weighted by Crippen LogP contribution is -2.30. The molecule has 1 aromatic carbocycles. The number of hydrogen-bond donors (Lipinski definition) is 2. The Hall–Kier alpha value is -3.33. The van der Waals surface area contributed by atoms with Crippen LogP contribution in [0.15, 0.2) is 39.8 Å². The van der Waals surface area contributed by atoms with Crippen LogP contribution in [0.25, 0.3) is 11.4 Å². The summed E-state index contributed by atoms with van der Waals surface area (Å²) in [5, 5.41) is 6.34. The van der Waals surface area contributed by atoms with Gasteiger partial charge in [-0.1, -0.05) is 35.0 Å². The zero-order chi connectivity index (χ0) is 19.2. The van der Waals surface area contributed by atoms with Crippen molar-refractivity contribution in [1.82, 2.24) is 25.4 Å². The third-order valence-electron chi connectivity index (χ3n) is 3.81. The first-order valence-corrected chi connectivity index (χ1v) is 8.32. The fourth-order valence-corrected chi connectivity index (χ4v) is 2.32. The van der Waals surface area contributed by atoms with E-state index >= 15 is 0 Å². The minimum atomic E-state index is -0.567. The number of nitrogens with zero attached hydrogens (tertiary/aromatic N) is 3. The molecule has 2 aromatic heterocycles. The van der Waals surface area contributed by atoms with E-state index in [-0.39, 0.29) is 12.1 Å². The lowest BCUT2D eigenvalue weighted by atomic mass is 10.1. The number of methoxy groups -OCH3 is 1. The van der Waals surface area contributed by atoms with E-state index in [1.54, 1.807) is 7.11 Å². The Bertz CT molecular complexity index is 978. The van der Waals surface area contributed by atoms with Gasteiger partial charge in [-0.25, -0.2) is 4.98 Å². The third kappa shape index (κ3) is 4.64. The van der Waals surface area contributed by atoms with Crippen molar-refractivity contribution in [2.24, 2.45) is 0 Å². The van der Waals surface area contributed by atoms with Crippen molar-refractivity contribution in [2.45, 2.75) is 19.9 Å². The summed E-state index contributed by atoms with van der Waals surface area (Å²) in [5.74, 6) is 0.568. The van der Waals surface area contributed by atoms with Crippen LogP contribution < -0.4 is 10.9 Å². The van der Waals surface area contributed by atoms with E-state index in [0.717, 1.165) is 11.1 Å². The summed E-state index contributed by atoms with van der Waals surface area (Å²) in [5.41, 5.74) is 1.25. The highest BCUT2D eigenvalue weighted by Crippen LogP contribution is 2.13. The van der Waals surface area contributed by atoms with Crippen LogP contribution in [0.3, 0.4) is 0 Å². The number of hydrogen-bond acceptors (Lipinski definition) is 7. The first-order valence-electron chi connectivity index (χ1n) is 8.32. The minimum Gasteiger partial charge on any atom is -0.384 e. The molecule has 2 heterocycles. The van der Waals surface area contributed by atoms with Gasteiger partial charge >= 0.3 is 0 Å². The summed E-state index contributed by atoms with van der Waals surface area (Å²) < 4.78 is 9.96. The number of amides is 1. The molecule has 0 fully saturated rings. The highest BCUT2D eigenvalue weighted by molar-refractivity contribution is 5.93. The molecule has 0 aliphatic heterocycles. The van der Waals surface area contributed by atoms with Gasteiger partial charge in [0.2, 0.25) is 5.89 Å². The van der Waals surface area contributed by atoms with Crippen molar-refractivity contribution in [3.05, 3.63) is 63.7 Å². The van der Waals surface area contributed by atoms with Crippen LogP contribution in [-0.4, -0.2) is 39.7 Å². The summed E-state index contributed by atoms with van der Waals surface area (Å²) in [6.07, 6.45) is 1.74.